The SMILES string of the molecule is Cc1nc([N+](=O)[O-])c(Oc2ccccc2C(=O)O)n1C. The standard InChI is InChI=1S/C12H11N3O5/c1-7-13-10(15(18)19)11(14(7)2)20-9-6-4-3-5-8(9)12(16)17/h3-6H,1-2H3,(H,16,17). The van der Waals surface area contributed by atoms with Crippen molar-refractivity contribution >= 4 is 11.8 Å². The fraction of sp³-hybridized carbons (Fsp3) is 0.167. The summed E-state index contributed by atoms with van der Waals surface area (Å²) in [6.07, 6.45) is 0. The van der Waals surface area contributed by atoms with Gasteiger partial charge < -0.3 is 20.0 Å². The van der Waals surface area contributed by atoms with Crippen molar-refractivity contribution in [2.75, 3.05) is 0 Å². The molecule has 0 spiro atoms. The predicted molar refractivity (Wildman–Crippen MR) is 68.1 cm³/mol. The maximum Gasteiger partial charge on any atom is 0.427 e. The van der Waals surface area contributed by atoms with Crippen molar-refractivity contribution in [2.24, 2.45) is 7.05 Å². The molecule has 20 heavy (non-hydrogen) atoms. The monoisotopic (exact) mass is 277 g/mol. The van der Waals surface area contributed by atoms with Crippen LogP contribution >= 0.6 is 0 Å². The number of imidazole rings is 1. The van der Waals surface area contributed by atoms with Crippen LogP contribution in [0.1, 0.15) is 16.2 Å². The number of hydrogen-bond donors (Lipinski definition) is 1. The topological polar surface area (TPSA) is 107 Å². The highest BCUT2D eigenvalue weighted by molar-refractivity contribution is 5.90. The van der Waals surface area contributed by atoms with E-state index in [1.807, 2.05) is 0 Å². The molecule has 0 radical (unpaired) electrons. The molecule has 0 bridgehead atoms. The molecule has 0 saturated heterocycles. The number of para-hydroxylation sites is 1. The number of carboxylic acids is 1. The molecule has 1 heterocycles. The Morgan fingerprint density at radius 1 is 1.45 bits per heavy atom. The lowest BCUT2D eigenvalue weighted by atomic mass is 10.2. The van der Waals surface area contributed by atoms with Gasteiger partial charge >= 0.3 is 17.7 Å². The molecule has 0 amide bonds. The number of aromatic nitrogens is 2. The summed E-state index contributed by atoms with van der Waals surface area (Å²) in [6.45, 7) is 1.59. The molecule has 0 aliphatic carbocycles. The van der Waals surface area contributed by atoms with Crippen molar-refractivity contribution in [1.29, 1.82) is 0 Å². The van der Waals surface area contributed by atoms with Crippen LogP contribution in [0.15, 0.2) is 24.3 Å². The van der Waals surface area contributed by atoms with E-state index in [-0.39, 0.29) is 17.2 Å². The third-order valence-corrected chi connectivity index (χ3v) is 2.75. The Hall–Kier alpha value is -2.90. The molecular formula is C12H11N3O5. The van der Waals surface area contributed by atoms with Gasteiger partial charge in [0.05, 0.1) is 0 Å². The Balaban J connectivity index is 2.50. The van der Waals surface area contributed by atoms with Crippen molar-refractivity contribution in [3.63, 3.8) is 0 Å². The summed E-state index contributed by atoms with van der Waals surface area (Å²) in [6, 6.07) is 5.90. The Labute approximate surface area is 113 Å². The molecule has 2 rings (SSSR count). The number of carbonyl (C=O) groups is 1. The molecule has 0 saturated carbocycles. The van der Waals surface area contributed by atoms with E-state index in [9.17, 15) is 14.9 Å². The highest BCUT2D eigenvalue weighted by Crippen LogP contribution is 2.32. The minimum absolute atomic E-state index is 0.0195. The fourth-order valence-corrected chi connectivity index (χ4v) is 1.64. The number of hydrogen-bond acceptors (Lipinski definition) is 5. The highest BCUT2D eigenvalue weighted by Gasteiger charge is 2.27. The van der Waals surface area contributed by atoms with Gasteiger partial charge in [-0.2, -0.15) is 0 Å². The molecule has 8 heteroatoms. The summed E-state index contributed by atoms with van der Waals surface area (Å²) in [5.41, 5.74) is -0.0827. The Kier molecular flexibility index (Phi) is 3.38. The number of carboxylic acid groups (broad SMARTS) is 1. The third-order valence-electron chi connectivity index (χ3n) is 2.75. The van der Waals surface area contributed by atoms with Crippen molar-refractivity contribution in [2.45, 2.75) is 6.92 Å². The molecular weight excluding hydrogens is 266 g/mol. The minimum atomic E-state index is -1.18. The first-order chi connectivity index (χ1) is 9.41. The molecule has 0 unspecified atom stereocenters. The van der Waals surface area contributed by atoms with Crippen LogP contribution < -0.4 is 4.74 Å². The van der Waals surface area contributed by atoms with Gasteiger partial charge in [0.1, 0.15) is 11.3 Å². The van der Waals surface area contributed by atoms with Crippen LogP contribution in [0, 0.1) is 17.0 Å². The van der Waals surface area contributed by atoms with Crippen LogP contribution in [0.3, 0.4) is 0 Å². The zero-order chi connectivity index (χ0) is 14.9. The van der Waals surface area contributed by atoms with Crippen molar-refractivity contribution in [3.05, 3.63) is 45.8 Å². The molecule has 0 aliphatic rings. The third kappa shape index (κ3) is 2.30. The number of ether oxygens (including phenoxy) is 1. The maximum atomic E-state index is 11.1. The lowest BCUT2D eigenvalue weighted by Crippen LogP contribution is -2.03. The van der Waals surface area contributed by atoms with E-state index < -0.39 is 16.7 Å². The molecule has 1 aromatic heterocycles. The summed E-state index contributed by atoms with van der Waals surface area (Å²) in [4.78, 5) is 25.1. The molecule has 1 N–H and O–H groups in total. The van der Waals surface area contributed by atoms with Gasteiger partial charge in [-0.25, -0.2) is 4.79 Å². The second kappa shape index (κ2) is 5.00. The van der Waals surface area contributed by atoms with Gasteiger partial charge in [-0.15, -0.1) is 0 Å². The lowest BCUT2D eigenvalue weighted by molar-refractivity contribution is -0.390. The van der Waals surface area contributed by atoms with Gasteiger partial charge in [-0.1, -0.05) is 12.1 Å². The van der Waals surface area contributed by atoms with E-state index in [4.69, 9.17) is 9.84 Å². The van der Waals surface area contributed by atoms with Gasteiger partial charge in [0.15, 0.2) is 0 Å². The van der Waals surface area contributed by atoms with E-state index in [0.717, 1.165) is 0 Å². The van der Waals surface area contributed by atoms with Crippen LogP contribution in [0.4, 0.5) is 5.82 Å². The summed E-state index contributed by atoms with van der Waals surface area (Å²) < 4.78 is 6.78. The molecule has 0 fully saturated rings. The van der Waals surface area contributed by atoms with Crippen LogP contribution in [0.2, 0.25) is 0 Å². The van der Waals surface area contributed by atoms with Crippen LogP contribution in [0.25, 0.3) is 0 Å². The van der Waals surface area contributed by atoms with Gasteiger partial charge in [0.2, 0.25) is 5.82 Å². The Morgan fingerprint density at radius 3 is 2.70 bits per heavy atom. The molecule has 1 aromatic carbocycles. The Bertz CT molecular complexity index is 692. The van der Waals surface area contributed by atoms with Crippen LogP contribution in [-0.2, 0) is 7.05 Å². The second-order valence-corrected chi connectivity index (χ2v) is 4.01. The number of aromatic carboxylic acids is 1. The summed E-state index contributed by atoms with van der Waals surface area (Å²) in [7, 11) is 1.55. The first-order valence-corrected chi connectivity index (χ1v) is 5.59. The van der Waals surface area contributed by atoms with Crippen molar-refractivity contribution in [1.82, 2.24) is 9.55 Å². The van der Waals surface area contributed by atoms with Gasteiger partial charge in [-0.05, 0) is 22.0 Å². The molecule has 8 nitrogen and oxygen atoms in total. The number of nitro groups is 1. The molecule has 0 atom stereocenters. The van der Waals surface area contributed by atoms with E-state index in [1.165, 1.54) is 16.7 Å². The average molecular weight is 277 g/mol. The average Bonchev–Trinajstić information content (AvgIpc) is 2.67. The van der Waals surface area contributed by atoms with E-state index >= 15 is 0 Å². The number of nitrogens with zero attached hydrogens (tertiary/aromatic N) is 3. The van der Waals surface area contributed by atoms with Gasteiger partial charge in [-0.3, -0.25) is 4.57 Å². The van der Waals surface area contributed by atoms with E-state index in [2.05, 4.69) is 4.98 Å². The van der Waals surface area contributed by atoms with Crippen LogP contribution in [-0.4, -0.2) is 25.6 Å². The van der Waals surface area contributed by atoms with Gasteiger partial charge in [0, 0.05) is 14.0 Å². The zero-order valence-corrected chi connectivity index (χ0v) is 10.7. The van der Waals surface area contributed by atoms with Crippen molar-refractivity contribution in [3.8, 4) is 11.6 Å². The Morgan fingerprint density at radius 2 is 2.10 bits per heavy atom. The quantitative estimate of drug-likeness (QED) is 0.677. The molecule has 104 valence electrons. The van der Waals surface area contributed by atoms with E-state index in [1.54, 1.807) is 26.1 Å². The molecule has 0 aliphatic heterocycles. The summed E-state index contributed by atoms with van der Waals surface area (Å²) in [5, 5.41) is 20.0. The van der Waals surface area contributed by atoms with E-state index in [0.29, 0.717) is 5.82 Å². The number of benzene rings is 1. The summed E-state index contributed by atoms with van der Waals surface area (Å²) in [5.74, 6) is -1.33. The fourth-order valence-electron chi connectivity index (χ4n) is 1.64. The normalized spacial score (nSPS) is 10.3. The summed E-state index contributed by atoms with van der Waals surface area (Å²) >= 11 is 0. The van der Waals surface area contributed by atoms with Crippen molar-refractivity contribution < 1.29 is 19.6 Å². The minimum Gasteiger partial charge on any atom is -0.478 e. The predicted octanol–water partition coefficient (Wildman–Crippen LogP) is 2.13. The smallest absolute Gasteiger partial charge is 0.427 e. The highest BCUT2D eigenvalue weighted by atomic mass is 16.6. The lowest BCUT2D eigenvalue weighted by Gasteiger charge is -2.08. The second-order valence-electron chi connectivity index (χ2n) is 4.01. The first kappa shape index (κ1) is 13.5. The molecule has 2 aromatic rings. The number of rotatable bonds is 4. The first-order valence-electron chi connectivity index (χ1n) is 5.59. The van der Waals surface area contributed by atoms with Crippen LogP contribution in [0.5, 0.6) is 11.6 Å². The maximum absolute atomic E-state index is 11.1. The van der Waals surface area contributed by atoms with Gasteiger partial charge in [0.25, 0.3) is 0 Å². The number of aryl methyl sites for hydroxylation is 1. The zero-order valence-electron chi connectivity index (χ0n) is 10.7. The largest absolute Gasteiger partial charge is 0.478 e.